The molecule has 0 radical (unpaired) electrons. The number of nitrogens with zero attached hydrogens (tertiary/aromatic N) is 4. The molecule has 0 saturated carbocycles. The van der Waals surface area contributed by atoms with Crippen LogP contribution in [0.3, 0.4) is 0 Å². The molecule has 2 rings (SSSR count). The van der Waals surface area contributed by atoms with E-state index in [9.17, 15) is 4.79 Å². The van der Waals surface area contributed by atoms with Gasteiger partial charge in [-0.05, 0) is 31.2 Å². The number of rotatable bonds is 4. The highest BCUT2D eigenvalue weighted by atomic mass is 16.4. The van der Waals surface area contributed by atoms with Gasteiger partial charge in [0.15, 0.2) is 5.84 Å². The van der Waals surface area contributed by atoms with Crippen molar-refractivity contribution in [2.24, 2.45) is 16.0 Å². The molecular formula is C14H14N6O2. The van der Waals surface area contributed by atoms with Crippen LogP contribution in [0.5, 0.6) is 0 Å². The Balaban J connectivity index is 2.21. The third-order valence-electron chi connectivity index (χ3n) is 2.70. The van der Waals surface area contributed by atoms with Crippen molar-refractivity contribution >= 4 is 17.5 Å². The highest BCUT2D eigenvalue weighted by Crippen LogP contribution is 2.13. The molecular weight excluding hydrogens is 284 g/mol. The molecule has 2 aromatic heterocycles. The molecule has 0 aliphatic heterocycles. The predicted molar refractivity (Wildman–Crippen MR) is 81.2 cm³/mol. The zero-order valence-corrected chi connectivity index (χ0v) is 11.8. The van der Waals surface area contributed by atoms with Gasteiger partial charge in [0.25, 0.3) is 5.91 Å². The first-order valence-electron chi connectivity index (χ1n) is 6.33. The third-order valence-corrected chi connectivity index (χ3v) is 2.70. The average molecular weight is 298 g/mol. The summed E-state index contributed by atoms with van der Waals surface area (Å²) >= 11 is 0. The zero-order chi connectivity index (χ0) is 15.9. The van der Waals surface area contributed by atoms with Crippen LogP contribution in [0.15, 0.2) is 52.9 Å². The van der Waals surface area contributed by atoms with Crippen LogP contribution in [0, 0.1) is 0 Å². The van der Waals surface area contributed by atoms with Crippen molar-refractivity contribution in [1.29, 1.82) is 0 Å². The summed E-state index contributed by atoms with van der Waals surface area (Å²) in [4.78, 5) is 19.9. The lowest BCUT2D eigenvalue weighted by Crippen LogP contribution is -2.28. The van der Waals surface area contributed by atoms with Crippen LogP contribution >= 0.6 is 0 Å². The molecule has 8 nitrogen and oxygen atoms in total. The Morgan fingerprint density at radius 1 is 1.23 bits per heavy atom. The van der Waals surface area contributed by atoms with Gasteiger partial charge in [0.1, 0.15) is 11.4 Å². The van der Waals surface area contributed by atoms with Gasteiger partial charge in [-0.3, -0.25) is 9.78 Å². The monoisotopic (exact) mass is 298 g/mol. The molecule has 2 heterocycles. The molecule has 0 aliphatic rings. The fourth-order valence-corrected chi connectivity index (χ4v) is 1.53. The summed E-state index contributed by atoms with van der Waals surface area (Å²) < 4.78 is 0. The van der Waals surface area contributed by atoms with Gasteiger partial charge in [-0.25, -0.2) is 10.4 Å². The van der Waals surface area contributed by atoms with Gasteiger partial charge in [0.2, 0.25) is 0 Å². The molecule has 8 heteroatoms. The average Bonchev–Trinajstić information content (AvgIpc) is 2.59. The quantitative estimate of drug-likeness (QED) is 0.332. The normalized spacial score (nSPS) is 12.0. The van der Waals surface area contributed by atoms with Gasteiger partial charge in [-0.2, -0.15) is 5.10 Å². The van der Waals surface area contributed by atoms with Crippen molar-refractivity contribution in [2.75, 3.05) is 0 Å². The Bertz CT molecular complexity index is 727. The Kier molecular flexibility index (Phi) is 4.76. The summed E-state index contributed by atoms with van der Waals surface area (Å²) in [6.45, 7) is 1.33. The second-order valence-electron chi connectivity index (χ2n) is 4.25. The number of hydrogen-bond acceptors (Lipinski definition) is 6. The van der Waals surface area contributed by atoms with E-state index >= 15 is 0 Å². The number of aromatic nitrogens is 2. The number of hydrogen-bond donors (Lipinski definition) is 3. The second kappa shape index (κ2) is 6.93. The molecule has 112 valence electrons. The topological polar surface area (TPSA) is 126 Å². The highest BCUT2D eigenvalue weighted by molar-refractivity contribution is 6.37. The fraction of sp³-hybridized carbons (Fsp3) is 0.0714. The predicted octanol–water partition coefficient (Wildman–Crippen LogP) is 0.730. The summed E-state index contributed by atoms with van der Waals surface area (Å²) in [6, 6.07) is 10.7. The van der Waals surface area contributed by atoms with Crippen LogP contribution in [0.4, 0.5) is 0 Å². The molecule has 0 spiro atoms. The van der Waals surface area contributed by atoms with Gasteiger partial charge in [-0.1, -0.05) is 17.3 Å². The number of pyridine rings is 2. The van der Waals surface area contributed by atoms with Crippen molar-refractivity contribution in [3.05, 3.63) is 48.3 Å². The lowest BCUT2D eigenvalue weighted by atomic mass is 10.2. The SMILES string of the molecule is C/C(=N\O)C(=O)N/N=C(/N)c1cccc(-c2ccccn2)n1. The number of carbonyl (C=O) groups is 1. The largest absolute Gasteiger partial charge is 0.410 e. The molecule has 4 N–H and O–H groups in total. The smallest absolute Gasteiger partial charge is 0.288 e. The third kappa shape index (κ3) is 3.63. The maximum atomic E-state index is 11.4. The zero-order valence-electron chi connectivity index (χ0n) is 11.8. The number of hydrazone groups is 1. The molecule has 0 saturated heterocycles. The van der Waals surface area contributed by atoms with E-state index in [1.54, 1.807) is 24.4 Å². The molecule has 0 atom stereocenters. The van der Waals surface area contributed by atoms with Crippen LogP contribution < -0.4 is 11.2 Å². The van der Waals surface area contributed by atoms with Crippen LogP contribution in [0.1, 0.15) is 12.6 Å². The molecule has 0 aliphatic carbocycles. The molecule has 2 aromatic rings. The highest BCUT2D eigenvalue weighted by Gasteiger charge is 2.07. The first-order valence-corrected chi connectivity index (χ1v) is 6.33. The van der Waals surface area contributed by atoms with Crippen LogP contribution in [-0.4, -0.2) is 32.6 Å². The summed E-state index contributed by atoms with van der Waals surface area (Å²) in [5.41, 5.74) is 9.54. The van der Waals surface area contributed by atoms with Gasteiger partial charge >= 0.3 is 0 Å². The Morgan fingerprint density at radius 3 is 2.68 bits per heavy atom. The molecule has 22 heavy (non-hydrogen) atoms. The number of oxime groups is 1. The van der Waals surface area contributed by atoms with Gasteiger partial charge in [0.05, 0.1) is 11.4 Å². The van der Waals surface area contributed by atoms with E-state index in [-0.39, 0.29) is 11.5 Å². The first kappa shape index (κ1) is 15.1. The number of nitrogens with two attached hydrogens (primary N) is 1. The van der Waals surface area contributed by atoms with E-state index in [1.165, 1.54) is 6.92 Å². The van der Waals surface area contributed by atoms with E-state index in [0.717, 1.165) is 0 Å². The maximum absolute atomic E-state index is 11.4. The van der Waals surface area contributed by atoms with Crippen LogP contribution in [-0.2, 0) is 4.79 Å². The van der Waals surface area contributed by atoms with E-state index in [0.29, 0.717) is 17.1 Å². The van der Waals surface area contributed by atoms with Crippen molar-refractivity contribution in [1.82, 2.24) is 15.4 Å². The number of nitrogens with one attached hydrogen (secondary N) is 1. The van der Waals surface area contributed by atoms with E-state index < -0.39 is 5.91 Å². The van der Waals surface area contributed by atoms with E-state index in [1.807, 2.05) is 18.2 Å². The first-order chi connectivity index (χ1) is 10.6. The Morgan fingerprint density at radius 2 is 2.00 bits per heavy atom. The van der Waals surface area contributed by atoms with Crippen LogP contribution in [0.2, 0.25) is 0 Å². The molecule has 0 fully saturated rings. The molecule has 0 unspecified atom stereocenters. The summed E-state index contributed by atoms with van der Waals surface area (Å²) in [5.74, 6) is -0.636. The van der Waals surface area contributed by atoms with Crippen LogP contribution in [0.25, 0.3) is 11.4 Å². The van der Waals surface area contributed by atoms with Crippen molar-refractivity contribution < 1.29 is 10.0 Å². The summed E-state index contributed by atoms with van der Waals surface area (Å²) in [7, 11) is 0. The molecule has 1 amide bonds. The number of amides is 1. The van der Waals surface area contributed by atoms with Gasteiger partial charge < -0.3 is 10.9 Å². The second-order valence-corrected chi connectivity index (χ2v) is 4.25. The van der Waals surface area contributed by atoms with Gasteiger partial charge in [-0.15, -0.1) is 0 Å². The van der Waals surface area contributed by atoms with Crippen molar-refractivity contribution in [2.45, 2.75) is 6.92 Å². The molecule has 0 bridgehead atoms. The minimum absolute atomic E-state index is 0.0249. The minimum atomic E-state index is -0.661. The minimum Gasteiger partial charge on any atom is -0.410 e. The van der Waals surface area contributed by atoms with Crippen molar-refractivity contribution in [3.8, 4) is 11.4 Å². The lowest BCUT2D eigenvalue weighted by molar-refractivity contribution is -0.114. The lowest BCUT2D eigenvalue weighted by Gasteiger charge is -2.04. The Hall–Kier alpha value is -3.29. The van der Waals surface area contributed by atoms with Gasteiger partial charge in [0, 0.05) is 6.20 Å². The summed E-state index contributed by atoms with van der Waals surface area (Å²) in [6.07, 6.45) is 1.67. The van der Waals surface area contributed by atoms with Crippen molar-refractivity contribution in [3.63, 3.8) is 0 Å². The number of amidine groups is 1. The fourth-order valence-electron chi connectivity index (χ4n) is 1.53. The summed E-state index contributed by atoms with van der Waals surface area (Å²) in [5, 5.41) is 15.0. The standard InChI is InChI=1S/C14H14N6O2/c1-9(20-22)14(21)19-18-13(15)12-7-4-6-11(17-12)10-5-2-3-8-16-10/h2-8,22H,1H3,(H2,15,18)(H,19,21)/b20-9+. The van der Waals surface area contributed by atoms with E-state index in [2.05, 4.69) is 25.7 Å². The van der Waals surface area contributed by atoms with E-state index in [4.69, 9.17) is 10.9 Å². The number of carbonyl (C=O) groups excluding carboxylic acids is 1. The maximum Gasteiger partial charge on any atom is 0.288 e. The Labute approximate surface area is 126 Å². The molecule has 0 aromatic carbocycles.